The quantitative estimate of drug-likeness (QED) is 0.848. The molecular formula is C14H20O2. The summed E-state index contributed by atoms with van der Waals surface area (Å²) in [5.74, 6) is 1.19. The molecule has 1 N–H and O–H groups in total. The van der Waals surface area contributed by atoms with Crippen molar-refractivity contribution in [3.8, 4) is 5.75 Å². The first-order valence-electron chi connectivity index (χ1n) is 6.12. The first kappa shape index (κ1) is 11.5. The van der Waals surface area contributed by atoms with Gasteiger partial charge in [0.15, 0.2) is 0 Å². The molecule has 1 aliphatic rings. The SMILES string of the molecule is CC(C)Oc1ccccc1C1CCCC1O. The van der Waals surface area contributed by atoms with Gasteiger partial charge in [-0.2, -0.15) is 0 Å². The minimum absolute atomic E-state index is 0.180. The molecule has 0 spiro atoms. The van der Waals surface area contributed by atoms with Gasteiger partial charge in [-0.3, -0.25) is 0 Å². The Kier molecular flexibility index (Phi) is 3.49. The number of aliphatic hydroxyl groups is 1. The third kappa shape index (κ3) is 2.38. The lowest BCUT2D eigenvalue weighted by Gasteiger charge is -2.20. The zero-order valence-electron chi connectivity index (χ0n) is 10.0. The lowest BCUT2D eigenvalue weighted by atomic mass is 9.95. The minimum Gasteiger partial charge on any atom is -0.491 e. The Hall–Kier alpha value is -1.02. The van der Waals surface area contributed by atoms with Crippen molar-refractivity contribution in [2.24, 2.45) is 0 Å². The molecule has 1 fully saturated rings. The monoisotopic (exact) mass is 220 g/mol. The normalized spacial score (nSPS) is 25.0. The van der Waals surface area contributed by atoms with Crippen molar-refractivity contribution < 1.29 is 9.84 Å². The highest BCUT2D eigenvalue weighted by molar-refractivity contribution is 5.37. The number of hydrogen-bond acceptors (Lipinski definition) is 2. The molecule has 2 rings (SSSR count). The number of benzene rings is 1. The van der Waals surface area contributed by atoms with Gasteiger partial charge in [0.05, 0.1) is 12.2 Å². The second kappa shape index (κ2) is 4.88. The zero-order valence-corrected chi connectivity index (χ0v) is 10.0. The molecule has 0 bridgehead atoms. The molecule has 1 aliphatic carbocycles. The Morgan fingerprint density at radius 1 is 1.25 bits per heavy atom. The Balaban J connectivity index is 2.25. The summed E-state index contributed by atoms with van der Waals surface area (Å²) in [6, 6.07) is 8.09. The Bertz CT molecular complexity index is 346. The van der Waals surface area contributed by atoms with Crippen molar-refractivity contribution in [3.05, 3.63) is 29.8 Å². The molecule has 1 saturated carbocycles. The number of para-hydroxylation sites is 1. The van der Waals surface area contributed by atoms with E-state index in [1.807, 2.05) is 32.0 Å². The van der Waals surface area contributed by atoms with Gasteiger partial charge in [0.2, 0.25) is 0 Å². The first-order chi connectivity index (χ1) is 7.68. The van der Waals surface area contributed by atoms with Crippen LogP contribution < -0.4 is 4.74 Å². The van der Waals surface area contributed by atoms with Crippen LogP contribution in [0.2, 0.25) is 0 Å². The van der Waals surface area contributed by atoms with Crippen molar-refractivity contribution >= 4 is 0 Å². The second-order valence-corrected chi connectivity index (χ2v) is 4.81. The molecule has 2 unspecified atom stereocenters. The van der Waals surface area contributed by atoms with Crippen molar-refractivity contribution in [2.45, 2.75) is 51.2 Å². The van der Waals surface area contributed by atoms with Gasteiger partial charge in [-0.05, 0) is 38.3 Å². The number of ether oxygens (including phenoxy) is 1. The molecule has 1 aromatic rings. The third-order valence-corrected chi connectivity index (χ3v) is 3.16. The molecular weight excluding hydrogens is 200 g/mol. The lowest BCUT2D eigenvalue weighted by molar-refractivity contribution is 0.160. The van der Waals surface area contributed by atoms with Crippen LogP contribution in [0.5, 0.6) is 5.75 Å². The van der Waals surface area contributed by atoms with Crippen molar-refractivity contribution in [1.82, 2.24) is 0 Å². The molecule has 2 atom stereocenters. The molecule has 1 aromatic carbocycles. The second-order valence-electron chi connectivity index (χ2n) is 4.81. The van der Waals surface area contributed by atoms with E-state index in [1.54, 1.807) is 0 Å². The lowest BCUT2D eigenvalue weighted by Crippen LogP contribution is -2.14. The standard InChI is InChI=1S/C14H20O2/c1-10(2)16-14-9-4-3-6-12(14)11-7-5-8-13(11)15/h3-4,6,9-11,13,15H,5,7-8H2,1-2H3. The fourth-order valence-electron chi connectivity index (χ4n) is 2.45. The smallest absolute Gasteiger partial charge is 0.123 e. The van der Waals surface area contributed by atoms with Gasteiger partial charge >= 0.3 is 0 Å². The summed E-state index contributed by atoms with van der Waals surface area (Å²) in [7, 11) is 0. The molecule has 0 heterocycles. The maximum Gasteiger partial charge on any atom is 0.123 e. The van der Waals surface area contributed by atoms with E-state index in [4.69, 9.17) is 4.74 Å². The van der Waals surface area contributed by atoms with E-state index >= 15 is 0 Å². The van der Waals surface area contributed by atoms with E-state index in [-0.39, 0.29) is 18.1 Å². The van der Waals surface area contributed by atoms with Crippen LogP contribution in [-0.2, 0) is 0 Å². The van der Waals surface area contributed by atoms with Crippen LogP contribution in [0.15, 0.2) is 24.3 Å². The largest absolute Gasteiger partial charge is 0.491 e. The van der Waals surface area contributed by atoms with Crippen molar-refractivity contribution in [2.75, 3.05) is 0 Å². The highest BCUT2D eigenvalue weighted by Crippen LogP contribution is 2.39. The van der Waals surface area contributed by atoms with E-state index in [2.05, 4.69) is 6.07 Å². The maximum absolute atomic E-state index is 9.95. The van der Waals surface area contributed by atoms with E-state index < -0.39 is 0 Å². The first-order valence-corrected chi connectivity index (χ1v) is 6.12. The summed E-state index contributed by atoms with van der Waals surface area (Å²) < 4.78 is 5.79. The van der Waals surface area contributed by atoms with Gasteiger partial charge in [0, 0.05) is 5.92 Å². The van der Waals surface area contributed by atoms with Crippen LogP contribution in [0.25, 0.3) is 0 Å². The van der Waals surface area contributed by atoms with Gasteiger partial charge in [-0.1, -0.05) is 24.6 Å². The van der Waals surface area contributed by atoms with Gasteiger partial charge in [0.1, 0.15) is 5.75 Å². The van der Waals surface area contributed by atoms with Crippen molar-refractivity contribution in [3.63, 3.8) is 0 Å². The Morgan fingerprint density at radius 3 is 2.62 bits per heavy atom. The number of rotatable bonds is 3. The molecule has 0 aromatic heterocycles. The fourth-order valence-corrected chi connectivity index (χ4v) is 2.45. The summed E-state index contributed by atoms with van der Waals surface area (Å²) in [4.78, 5) is 0. The van der Waals surface area contributed by atoms with Gasteiger partial charge in [-0.15, -0.1) is 0 Å². The van der Waals surface area contributed by atoms with Crippen LogP contribution >= 0.6 is 0 Å². The fraction of sp³-hybridized carbons (Fsp3) is 0.571. The summed E-state index contributed by atoms with van der Waals surface area (Å²) in [6.45, 7) is 4.06. The number of aliphatic hydroxyl groups excluding tert-OH is 1. The zero-order chi connectivity index (χ0) is 11.5. The van der Waals surface area contributed by atoms with Crippen molar-refractivity contribution in [1.29, 1.82) is 0 Å². The number of hydrogen-bond donors (Lipinski definition) is 1. The molecule has 2 nitrogen and oxygen atoms in total. The average Bonchev–Trinajstić information content (AvgIpc) is 2.64. The van der Waals surface area contributed by atoms with E-state index in [9.17, 15) is 5.11 Å². The van der Waals surface area contributed by atoms with Crippen LogP contribution in [0.1, 0.15) is 44.6 Å². The molecule has 0 aliphatic heterocycles. The maximum atomic E-state index is 9.95. The minimum atomic E-state index is -0.197. The molecule has 0 saturated heterocycles. The van der Waals surface area contributed by atoms with Crippen LogP contribution in [0, 0.1) is 0 Å². The Labute approximate surface area is 97.3 Å². The highest BCUT2D eigenvalue weighted by atomic mass is 16.5. The van der Waals surface area contributed by atoms with Crippen LogP contribution in [-0.4, -0.2) is 17.3 Å². The van der Waals surface area contributed by atoms with Crippen LogP contribution in [0.4, 0.5) is 0 Å². The predicted octanol–water partition coefficient (Wildman–Crippen LogP) is 3.10. The molecule has 16 heavy (non-hydrogen) atoms. The summed E-state index contributed by atoms with van der Waals surface area (Å²) in [5, 5.41) is 9.95. The van der Waals surface area contributed by atoms with Gasteiger partial charge < -0.3 is 9.84 Å². The summed E-state index contributed by atoms with van der Waals surface area (Å²) >= 11 is 0. The van der Waals surface area contributed by atoms with Crippen LogP contribution in [0.3, 0.4) is 0 Å². The average molecular weight is 220 g/mol. The van der Waals surface area contributed by atoms with Gasteiger partial charge in [0.25, 0.3) is 0 Å². The third-order valence-electron chi connectivity index (χ3n) is 3.16. The van der Waals surface area contributed by atoms with E-state index in [0.717, 1.165) is 25.0 Å². The van der Waals surface area contributed by atoms with E-state index in [0.29, 0.717) is 0 Å². The summed E-state index contributed by atoms with van der Waals surface area (Å²) in [6.07, 6.45) is 3.08. The van der Waals surface area contributed by atoms with Gasteiger partial charge in [-0.25, -0.2) is 0 Å². The molecule has 88 valence electrons. The highest BCUT2D eigenvalue weighted by Gasteiger charge is 2.28. The molecule has 2 heteroatoms. The molecule has 0 amide bonds. The predicted molar refractivity (Wildman–Crippen MR) is 64.8 cm³/mol. The molecule has 0 radical (unpaired) electrons. The van der Waals surface area contributed by atoms with E-state index in [1.165, 1.54) is 5.56 Å². The topological polar surface area (TPSA) is 29.5 Å². The summed E-state index contributed by atoms with van der Waals surface area (Å²) in [5.41, 5.74) is 1.17. The Morgan fingerprint density at radius 2 is 2.00 bits per heavy atom.